The van der Waals surface area contributed by atoms with Gasteiger partial charge in [-0.2, -0.15) is 0 Å². The van der Waals surface area contributed by atoms with Gasteiger partial charge in [0.2, 0.25) is 0 Å². The first kappa shape index (κ1) is 31.9. The van der Waals surface area contributed by atoms with Crippen molar-refractivity contribution in [2.24, 2.45) is 4.99 Å². The van der Waals surface area contributed by atoms with Crippen molar-refractivity contribution in [3.05, 3.63) is 95.1 Å². The first-order valence-electron chi connectivity index (χ1n) is 13.1. The molecule has 0 spiro atoms. The van der Waals surface area contributed by atoms with Crippen molar-refractivity contribution < 1.29 is 33.6 Å². The van der Waals surface area contributed by atoms with E-state index in [9.17, 15) is 14.4 Å². The third-order valence-corrected chi connectivity index (χ3v) is 7.66. The van der Waals surface area contributed by atoms with Gasteiger partial charge in [-0.05, 0) is 62.2 Å². The van der Waals surface area contributed by atoms with Crippen molar-refractivity contribution in [1.29, 1.82) is 0 Å². The molecule has 0 amide bonds. The highest BCUT2D eigenvalue weighted by Crippen LogP contribution is 2.37. The van der Waals surface area contributed by atoms with Gasteiger partial charge in [-0.15, -0.1) is 0 Å². The molecule has 3 aromatic rings. The van der Waals surface area contributed by atoms with Crippen LogP contribution in [0.15, 0.2) is 64.0 Å². The number of ether oxygens (including phenoxy) is 4. The van der Waals surface area contributed by atoms with E-state index < -0.39 is 30.1 Å². The maximum absolute atomic E-state index is 14.0. The molecule has 226 valence electrons. The number of fused-ring (bicyclic) bond motifs is 1. The van der Waals surface area contributed by atoms with Gasteiger partial charge in [0.05, 0.1) is 45.1 Å². The van der Waals surface area contributed by atoms with E-state index in [1.54, 1.807) is 44.2 Å². The summed E-state index contributed by atoms with van der Waals surface area (Å²) in [6.07, 6.45) is 3.20. The topological polar surface area (TPSA) is 126 Å². The largest absolute Gasteiger partial charge is 0.490 e. The standard InChI is InChI=1S/C30H28Cl2N2O8S/c1-5-10-41-21-9-8-18(14-22(21)39-6-2)26-25(29(38)40-7-3)16(4)33-30-34(26)28(37)23(43-30)13-17-11-19(31)27(20(32)12-17)42-15-24(35)36/h5,8-9,11-14,26H,1,6-7,10,15H2,2-4H3,(H,35,36)/t26-/m0/s1. The van der Waals surface area contributed by atoms with Crippen LogP contribution in [0.5, 0.6) is 17.2 Å². The second kappa shape index (κ2) is 13.9. The zero-order valence-corrected chi connectivity index (χ0v) is 25.8. The number of benzene rings is 2. The molecule has 0 saturated carbocycles. The molecule has 0 aliphatic carbocycles. The van der Waals surface area contributed by atoms with E-state index >= 15 is 0 Å². The Balaban J connectivity index is 1.89. The molecule has 4 rings (SSSR count). The van der Waals surface area contributed by atoms with E-state index in [2.05, 4.69) is 11.6 Å². The van der Waals surface area contributed by atoms with Crippen LogP contribution >= 0.6 is 34.5 Å². The summed E-state index contributed by atoms with van der Waals surface area (Å²) < 4.78 is 23.8. The number of carboxylic acids is 1. The Morgan fingerprint density at radius 3 is 2.44 bits per heavy atom. The maximum atomic E-state index is 14.0. The predicted octanol–water partition coefficient (Wildman–Crippen LogP) is 4.53. The van der Waals surface area contributed by atoms with E-state index in [1.165, 1.54) is 16.7 Å². The van der Waals surface area contributed by atoms with Crippen LogP contribution in [0.3, 0.4) is 0 Å². The average Bonchev–Trinajstić information content (AvgIpc) is 3.25. The van der Waals surface area contributed by atoms with Gasteiger partial charge in [0, 0.05) is 0 Å². The maximum Gasteiger partial charge on any atom is 0.341 e. The summed E-state index contributed by atoms with van der Waals surface area (Å²) in [7, 11) is 0. The molecule has 1 aliphatic heterocycles. The predicted molar refractivity (Wildman–Crippen MR) is 163 cm³/mol. The Bertz CT molecular complexity index is 1770. The van der Waals surface area contributed by atoms with Crippen LogP contribution in [0.4, 0.5) is 0 Å². The molecule has 43 heavy (non-hydrogen) atoms. The number of halogens is 2. The van der Waals surface area contributed by atoms with Crippen LogP contribution in [0.1, 0.15) is 37.9 Å². The monoisotopic (exact) mass is 646 g/mol. The van der Waals surface area contributed by atoms with Crippen molar-refractivity contribution in [2.75, 3.05) is 26.4 Å². The molecule has 2 heterocycles. The minimum atomic E-state index is -1.18. The highest BCUT2D eigenvalue weighted by atomic mass is 35.5. The van der Waals surface area contributed by atoms with Gasteiger partial charge < -0.3 is 24.1 Å². The summed E-state index contributed by atoms with van der Waals surface area (Å²) in [5.74, 6) is -0.832. The van der Waals surface area contributed by atoms with Gasteiger partial charge >= 0.3 is 11.9 Å². The van der Waals surface area contributed by atoms with E-state index in [1.807, 2.05) is 6.92 Å². The number of esters is 1. The number of nitrogens with zero attached hydrogens (tertiary/aromatic N) is 2. The fourth-order valence-corrected chi connectivity index (χ4v) is 6.08. The van der Waals surface area contributed by atoms with E-state index in [0.29, 0.717) is 44.3 Å². The smallest absolute Gasteiger partial charge is 0.341 e. The lowest BCUT2D eigenvalue weighted by molar-refractivity contribution is -0.140. The van der Waals surface area contributed by atoms with E-state index in [0.717, 1.165) is 11.3 Å². The molecule has 1 N–H and O–H groups in total. The molecule has 1 atom stereocenters. The van der Waals surface area contributed by atoms with Crippen LogP contribution in [0, 0.1) is 0 Å². The Morgan fingerprint density at radius 1 is 1.09 bits per heavy atom. The summed E-state index contributed by atoms with van der Waals surface area (Å²) in [6, 6.07) is 7.35. The third-order valence-electron chi connectivity index (χ3n) is 6.12. The van der Waals surface area contributed by atoms with Gasteiger partial charge in [0.25, 0.3) is 5.56 Å². The van der Waals surface area contributed by atoms with Gasteiger partial charge in [-0.1, -0.05) is 53.3 Å². The van der Waals surface area contributed by atoms with Gasteiger partial charge in [-0.3, -0.25) is 9.36 Å². The van der Waals surface area contributed by atoms with Crippen LogP contribution in [0.25, 0.3) is 6.08 Å². The molecule has 10 nitrogen and oxygen atoms in total. The Kier molecular flexibility index (Phi) is 10.3. The molecule has 0 fully saturated rings. The average molecular weight is 648 g/mol. The number of hydrogen-bond acceptors (Lipinski definition) is 9. The highest BCUT2D eigenvalue weighted by Gasteiger charge is 2.34. The normalized spacial score (nSPS) is 14.5. The third kappa shape index (κ3) is 6.96. The number of aromatic nitrogens is 1. The van der Waals surface area contributed by atoms with E-state index in [4.69, 9.17) is 47.3 Å². The highest BCUT2D eigenvalue weighted by molar-refractivity contribution is 7.07. The Labute approximate surface area is 260 Å². The second-order valence-corrected chi connectivity index (χ2v) is 10.9. The van der Waals surface area contributed by atoms with Crippen molar-refractivity contribution in [1.82, 2.24) is 4.57 Å². The minimum absolute atomic E-state index is 0.0182. The van der Waals surface area contributed by atoms with Crippen LogP contribution in [0.2, 0.25) is 10.0 Å². The molecule has 0 unspecified atom stereocenters. The fraction of sp³-hybridized carbons (Fsp3) is 0.267. The molecule has 2 aromatic carbocycles. The number of hydrogen-bond donors (Lipinski definition) is 1. The molecule has 13 heteroatoms. The van der Waals surface area contributed by atoms with Crippen molar-refractivity contribution in [3.8, 4) is 17.2 Å². The summed E-state index contributed by atoms with van der Waals surface area (Å²) in [4.78, 5) is 43.0. The lowest BCUT2D eigenvalue weighted by Crippen LogP contribution is -2.40. The zero-order chi connectivity index (χ0) is 31.3. The second-order valence-electron chi connectivity index (χ2n) is 9.04. The molecule has 1 aliphatic rings. The quantitative estimate of drug-likeness (QED) is 0.225. The number of carboxylic acid groups (broad SMARTS) is 1. The van der Waals surface area contributed by atoms with Gasteiger partial charge in [-0.25, -0.2) is 14.6 Å². The number of allylic oxidation sites excluding steroid dienone is 1. The van der Waals surface area contributed by atoms with Gasteiger partial charge in [0.1, 0.15) is 6.61 Å². The zero-order valence-electron chi connectivity index (χ0n) is 23.5. The van der Waals surface area contributed by atoms with Gasteiger partial charge in [0.15, 0.2) is 28.7 Å². The molecule has 0 radical (unpaired) electrons. The number of carbonyl (C=O) groups is 2. The van der Waals surface area contributed by atoms with Crippen LogP contribution < -0.4 is 29.1 Å². The first-order valence-corrected chi connectivity index (χ1v) is 14.7. The summed E-state index contributed by atoms with van der Waals surface area (Å²) >= 11 is 13.7. The number of carbonyl (C=O) groups excluding carboxylic acids is 1. The minimum Gasteiger partial charge on any atom is -0.490 e. The number of rotatable bonds is 12. The Hall–Kier alpha value is -4.06. The lowest BCUT2D eigenvalue weighted by Gasteiger charge is -2.25. The number of aliphatic carboxylic acids is 1. The van der Waals surface area contributed by atoms with E-state index in [-0.39, 0.29) is 34.6 Å². The first-order chi connectivity index (χ1) is 20.6. The molecule has 0 saturated heterocycles. The fourth-order valence-electron chi connectivity index (χ4n) is 4.42. The van der Waals surface area contributed by atoms with Crippen molar-refractivity contribution in [3.63, 3.8) is 0 Å². The lowest BCUT2D eigenvalue weighted by atomic mass is 9.95. The Morgan fingerprint density at radius 2 is 1.81 bits per heavy atom. The summed E-state index contributed by atoms with van der Waals surface area (Å²) in [5, 5.41) is 9.05. The number of thiazole rings is 1. The summed E-state index contributed by atoms with van der Waals surface area (Å²) in [6.45, 7) is 9.05. The van der Waals surface area contributed by atoms with Crippen molar-refractivity contribution in [2.45, 2.75) is 26.8 Å². The molecule has 1 aromatic heterocycles. The molecular formula is C30H28Cl2N2O8S. The van der Waals surface area contributed by atoms with Crippen molar-refractivity contribution >= 4 is 52.6 Å². The SMILES string of the molecule is C=CCOc1ccc([C@H]2C(C(=O)OCC)=C(C)N=c3sc(=Cc4cc(Cl)c(OCC(=O)O)c(Cl)c4)c(=O)n32)cc1OCC. The molecular weight excluding hydrogens is 619 g/mol. The molecule has 0 bridgehead atoms. The summed E-state index contributed by atoms with van der Waals surface area (Å²) in [5.41, 5.74) is 1.28. The van der Waals surface area contributed by atoms with Crippen LogP contribution in [-0.4, -0.2) is 48.0 Å². The van der Waals surface area contributed by atoms with Crippen LogP contribution in [-0.2, 0) is 14.3 Å².